The molecule has 2 aromatic heterocycles. The van der Waals surface area contributed by atoms with Gasteiger partial charge in [0.25, 0.3) is 0 Å². The van der Waals surface area contributed by atoms with Crippen molar-refractivity contribution in [2.75, 3.05) is 0 Å². The highest BCUT2D eigenvalue weighted by Gasteiger charge is 2.21. The number of fused-ring (bicyclic) bond motifs is 2. The summed E-state index contributed by atoms with van der Waals surface area (Å²) in [5.41, 5.74) is 0.666. The molecule has 2 aromatic rings. The van der Waals surface area contributed by atoms with Crippen molar-refractivity contribution < 1.29 is 19.1 Å². The number of aromatic carboxylic acids is 1. The molecule has 1 N–H and O–H groups in total. The van der Waals surface area contributed by atoms with Gasteiger partial charge < -0.3 is 9.52 Å². The van der Waals surface area contributed by atoms with Crippen LogP contribution in [-0.2, 0) is 0 Å². The van der Waals surface area contributed by atoms with E-state index in [0.29, 0.717) is 11.9 Å². The van der Waals surface area contributed by atoms with Gasteiger partial charge in [0.1, 0.15) is 16.7 Å². The van der Waals surface area contributed by atoms with E-state index in [1.807, 2.05) is 0 Å². The first kappa shape index (κ1) is 6.84. The molecule has 4 nitrogen and oxygen atoms in total. The van der Waals surface area contributed by atoms with E-state index in [1.165, 1.54) is 6.07 Å². The number of furan rings is 2. The molecule has 0 aliphatic heterocycles. The fourth-order valence-electron chi connectivity index (χ4n) is 1.21. The summed E-state index contributed by atoms with van der Waals surface area (Å²) in [7, 11) is 0. The van der Waals surface area contributed by atoms with Crippen molar-refractivity contribution in [1.29, 1.82) is 0 Å². The molecule has 0 unspecified atom stereocenters. The Labute approximate surface area is 66.7 Å². The number of hydrogen-bond acceptors (Lipinski definition) is 3. The predicted molar refractivity (Wildman–Crippen MR) is 39.7 cm³/mol. The van der Waals surface area contributed by atoms with E-state index in [-0.39, 0.29) is 16.7 Å². The number of carboxylic acids is 1. The number of aldehydes is 1. The van der Waals surface area contributed by atoms with Gasteiger partial charge in [0.2, 0.25) is 0 Å². The van der Waals surface area contributed by atoms with Crippen LogP contribution in [0, 0.1) is 0 Å². The molecule has 2 bridgehead atoms. The minimum absolute atomic E-state index is 0.0394. The third kappa shape index (κ3) is 0.661. The summed E-state index contributed by atoms with van der Waals surface area (Å²) in [6.45, 7) is 0. The Hall–Kier alpha value is -1.84. The van der Waals surface area contributed by atoms with Crippen molar-refractivity contribution in [3.8, 4) is 0 Å². The molecule has 0 spiro atoms. The van der Waals surface area contributed by atoms with Crippen LogP contribution in [0.1, 0.15) is 20.7 Å². The van der Waals surface area contributed by atoms with E-state index in [0.717, 1.165) is 0 Å². The van der Waals surface area contributed by atoms with Gasteiger partial charge in [-0.15, -0.1) is 0 Å². The number of benzene rings is 1. The van der Waals surface area contributed by atoms with E-state index in [4.69, 9.17) is 9.52 Å². The smallest absolute Gasteiger partial charge is 0.340 e. The van der Waals surface area contributed by atoms with E-state index in [9.17, 15) is 9.59 Å². The Morgan fingerprint density at radius 1 is 1.42 bits per heavy atom. The lowest BCUT2D eigenvalue weighted by Crippen LogP contribution is -1.99. The normalized spacial score (nSPS) is 10.7. The highest BCUT2D eigenvalue weighted by atomic mass is 16.4. The molecule has 0 atom stereocenters. The average Bonchev–Trinajstić information content (AvgIpc) is 2.60. The summed E-state index contributed by atoms with van der Waals surface area (Å²) in [5.74, 6) is -1.13. The first-order valence-corrected chi connectivity index (χ1v) is 3.27. The van der Waals surface area contributed by atoms with Crippen LogP contribution in [0.25, 0.3) is 11.2 Å². The van der Waals surface area contributed by atoms with Gasteiger partial charge in [-0.1, -0.05) is 0 Å². The number of rotatable bonds is 2. The zero-order valence-electron chi connectivity index (χ0n) is 5.90. The molecule has 0 amide bonds. The van der Waals surface area contributed by atoms with E-state index in [1.54, 1.807) is 6.07 Å². The summed E-state index contributed by atoms with van der Waals surface area (Å²) in [5, 5.41) is 8.67. The van der Waals surface area contributed by atoms with Gasteiger partial charge in [0, 0.05) is 0 Å². The number of carbonyl (C=O) groups is 2. The van der Waals surface area contributed by atoms with Crippen LogP contribution in [0.3, 0.4) is 0 Å². The van der Waals surface area contributed by atoms with Crippen LogP contribution in [0.15, 0.2) is 16.5 Å². The first-order chi connectivity index (χ1) is 5.74. The van der Waals surface area contributed by atoms with Gasteiger partial charge in [-0.05, 0) is 12.1 Å². The van der Waals surface area contributed by atoms with Crippen LogP contribution in [0.5, 0.6) is 0 Å². The van der Waals surface area contributed by atoms with Crippen molar-refractivity contribution in [1.82, 2.24) is 0 Å². The summed E-state index contributed by atoms with van der Waals surface area (Å²) < 4.78 is 4.99. The van der Waals surface area contributed by atoms with Crippen LogP contribution in [-0.4, -0.2) is 17.4 Å². The second-order valence-corrected chi connectivity index (χ2v) is 2.38. The average molecular weight is 164 g/mol. The lowest BCUT2D eigenvalue weighted by molar-refractivity contribution is 0.0696. The summed E-state index contributed by atoms with van der Waals surface area (Å²) in [4.78, 5) is 21.0. The number of carbonyl (C=O) groups excluding carboxylic acids is 1. The Kier molecular flexibility index (Phi) is 1.18. The Morgan fingerprint density at radius 3 is 2.58 bits per heavy atom. The van der Waals surface area contributed by atoms with Crippen molar-refractivity contribution in [2.45, 2.75) is 0 Å². The number of hydrogen-bond donors (Lipinski definition) is 1. The fourth-order valence-corrected chi connectivity index (χ4v) is 1.21. The lowest BCUT2D eigenvalue weighted by Gasteiger charge is -1.89. The van der Waals surface area contributed by atoms with Crippen LogP contribution < -0.4 is 0 Å². The van der Waals surface area contributed by atoms with Crippen molar-refractivity contribution >= 4 is 23.4 Å². The van der Waals surface area contributed by atoms with E-state index < -0.39 is 5.97 Å². The first-order valence-electron chi connectivity index (χ1n) is 3.27. The Morgan fingerprint density at radius 2 is 2.08 bits per heavy atom. The molecule has 0 saturated heterocycles. The molecule has 0 fully saturated rings. The zero-order valence-corrected chi connectivity index (χ0v) is 5.90. The monoisotopic (exact) mass is 164 g/mol. The zero-order chi connectivity index (χ0) is 8.72. The van der Waals surface area contributed by atoms with Crippen LogP contribution in [0.2, 0.25) is 0 Å². The molecule has 0 saturated carbocycles. The molecule has 2 heterocycles. The maximum atomic E-state index is 10.6. The third-order valence-electron chi connectivity index (χ3n) is 1.72. The predicted octanol–water partition coefficient (Wildman–Crippen LogP) is 1.38. The van der Waals surface area contributed by atoms with Crippen molar-refractivity contribution in [2.24, 2.45) is 0 Å². The SMILES string of the molecule is O=Cc1c(C(=O)O)c2ccc1o2. The maximum absolute atomic E-state index is 10.6. The molecule has 60 valence electrons. The topological polar surface area (TPSA) is 67.5 Å². The van der Waals surface area contributed by atoms with Crippen LogP contribution in [0.4, 0.5) is 0 Å². The molecular weight excluding hydrogens is 160 g/mol. The molecule has 0 aliphatic rings. The minimum Gasteiger partial charge on any atom is -0.478 e. The van der Waals surface area contributed by atoms with Gasteiger partial charge >= 0.3 is 5.97 Å². The van der Waals surface area contributed by atoms with Crippen molar-refractivity contribution in [3.05, 3.63) is 23.3 Å². The molecular formula is C8H4O4. The quantitative estimate of drug-likeness (QED) is 0.681. The molecule has 0 radical (unpaired) electrons. The van der Waals surface area contributed by atoms with Gasteiger partial charge in [-0.2, -0.15) is 0 Å². The highest BCUT2D eigenvalue weighted by molar-refractivity contribution is 6.08. The molecule has 0 aromatic carbocycles. The second-order valence-electron chi connectivity index (χ2n) is 2.38. The Bertz CT molecular complexity index is 440. The molecule has 0 aliphatic carbocycles. The minimum atomic E-state index is -1.13. The summed E-state index contributed by atoms with van der Waals surface area (Å²) in [6, 6.07) is 3.11. The molecule has 4 heteroatoms. The highest BCUT2D eigenvalue weighted by Crippen LogP contribution is 2.26. The largest absolute Gasteiger partial charge is 0.478 e. The molecule has 12 heavy (non-hydrogen) atoms. The third-order valence-corrected chi connectivity index (χ3v) is 1.72. The van der Waals surface area contributed by atoms with Crippen LogP contribution >= 0.6 is 0 Å². The Balaban J connectivity index is 2.82. The fraction of sp³-hybridized carbons (Fsp3) is 0. The van der Waals surface area contributed by atoms with Gasteiger partial charge in [-0.25, -0.2) is 4.79 Å². The summed E-state index contributed by atoms with van der Waals surface area (Å²) in [6.07, 6.45) is 0.495. The maximum Gasteiger partial charge on any atom is 0.340 e. The van der Waals surface area contributed by atoms with E-state index >= 15 is 0 Å². The number of carboxylic acid groups (broad SMARTS) is 1. The summed E-state index contributed by atoms with van der Waals surface area (Å²) >= 11 is 0. The van der Waals surface area contributed by atoms with Gasteiger partial charge in [0.05, 0.1) is 5.56 Å². The van der Waals surface area contributed by atoms with Crippen molar-refractivity contribution in [3.63, 3.8) is 0 Å². The van der Waals surface area contributed by atoms with Gasteiger partial charge in [0.15, 0.2) is 6.29 Å². The lowest BCUT2D eigenvalue weighted by atomic mass is 10.1. The van der Waals surface area contributed by atoms with Gasteiger partial charge in [-0.3, -0.25) is 4.79 Å². The molecule has 2 rings (SSSR count). The van der Waals surface area contributed by atoms with E-state index in [2.05, 4.69) is 0 Å². The standard InChI is InChI=1S/C8H4O4/c9-3-4-5-1-2-6(12-5)7(4)8(10)11/h1-3H,(H,10,11). The second kappa shape index (κ2) is 2.07.